The first-order chi connectivity index (χ1) is 7.27. The Balaban J connectivity index is 2.89. The Morgan fingerprint density at radius 2 is 1.27 bits per heavy atom. The van der Waals surface area contributed by atoms with E-state index in [0.29, 0.717) is 8.46 Å². The van der Waals surface area contributed by atoms with Crippen LogP contribution in [0.5, 0.6) is 0 Å². The van der Waals surface area contributed by atoms with Gasteiger partial charge in [0.05, 0.1) is 0 Å². The molecule has 15 heavy (non-hydrogen) atoms. The molecule has 0 radical (unpaired) electrons. The largest absolute Gasteiger partial charge is 0.275 e. The fourth-order valence-electron chi connectivity index (χ4n) is 1.79. The summed E-state index contributed by atoms with van der Waals surface area (Å²) < 4.78 is 10.2. The summed E-state index contributed by atoms with van der Waals surface area (Å²) in [4.78, 5) is 0. The highest BCUT2D eigenvalue weighted by Crippen LogP contribution is 2.12. The standard InChI is InChI=1S/C13H27OP/c1-13(2)11-9-7-5-3-4-6-8-10-12-15-14/h13H,3-12H2,1-2H3. The molecule has 0 aromatic carbocycles. The highest BCUT2D eigenvalue weighted by atomic mass is 31.1. The molecule has 2 heteroatoms. The highest BCUT2D eigenvalue weighted by Gasteiger charge is 1.95. The molecule has 0 N–H and O–H groups in total. The van der Waals surface area contributed by atoms with Crippen LogP contribution in [0, 0.1) is 5.92 Å². The minimum atomic E-state index is 0.323. The first-order valence-corrected chi connectivity index (χ1v) is 7.56. The molecule has 0 heterocycles. The molecule has 0 aliphatic carbocycles. The van der Waals surface area contributed by atoms with Crippen molar-refractivity contribution in [3.63, 3.8) is 0 Å². The summed E-state index contributed by atoms with van der Waals surface area (Å²) in [5.74, 6) is 0.872. The van der Waals surface area contributed by atoms with E-state index >= 15 is 0 Å². The summed E-state index contributed by atoms with van der Waals surface area (Å²) in [6.07, 6.45) is 13.0. The SMILES string of the molecule is CC(C)CCCCCCCCCCP=O. The highest BCUT2D eigenvalue weighted by molar-refractivity contribution is 7.23. The lowest BCUT2D eigenvalue weighted by Crippen LogP contribution is -1.87. The Hall–Kier alpha value is 0.100. The molecule has 0 aromatic heterocycles. The molecular formula is C13H27OP. The van der Waals surface area contributed by atoms with Gasteiger partial charge in [0.15, 0.2) is 8.46 Å². The van der Waals surface area contributed by atoms with Crippen LogP contribution in [-0.4, -0.2) is 6.16 Å². The Morgan fingerprint density at radius 3 is 1.73 bits per heavy atom. The van der Waals surface area contributed by atoms with Crippen molar-refractivity contribution in [3.05, 3.63) is 0 Å². The van der Waals surface area contributed by atoms with E-state index < -0.39 is 0 Å². The molecule has 0 saturated carbocycles. The maximum Gasteiger partial charge on any atom is 0.155 e. The van der Waals surface area contributed by atoms with Gasteiger partial charge in [-0.1, -0.05) is 65.2 Å². The molecule has 0 fully saturated rings. The van der Waals surface area contributed by atoms with Gasteiger partial charge in [0.2, 0.25) is 0 Å². The number of rotatable bonds is 11. The summed E-state index contributed by atoms with van der Waals surface area (Å²) in [5.41, 5.74) is 0. The third-order valence-corrected chi connectivity index (χ3v) is 3.28. The van der Waals surface area contributed by atoms with Crippen LogP contribution in [0.15, 0.2) is 0 Å². The van der Waals surface area contributed by atoms with E-state index in [2.05, 4.69) is 13.8 Å². The predicted molar refractivity (Wildman–Crippen MR) is 68.9 cm³/mol. The van der Waals surface area contributed by atoms with Crippen molar-refractivity contribution >= 4 is 8.46 Å². The van der Waals surface area contributed by atoms with E-state index in [-0.39, 0.29) is 0 Å². The summed E-state index contributed by atoms with van der Waals surface area (Å²) in [7, 11) is 0.323. The van der Waals surface area contributed by atoms with E-state index in [1.807, 2.05) is 0 Å². The second kappa shape index (κ2) is 12.2. The fourth-order valence-corrected chi connectivity index (χ4v) is 2.14. The fraction of sp³-hybridized carbons (Fsp3) is 1.00. The second-order valence-electron chi connectivity index (χ2n) is 4.86. The van der Waals surface area contributed by atoms with Crippen LogP contribution in [0.1, 0.15) is 71.6 Å². The molecule has 0 aliphatic heterocycles. The summed E-state index contributed by atoms with van der Waals surface area (Å²) >= 11 is 0. The zero-order valence-electron chi connectivity index (χ0n) is 10.5. The van der Waals surface area contributed by atoms with Crippen molar-refractivity contribution in [2.45, 2.75) is 71.6 Å². The van der Waals surface area contributed by atoms with Gasteiger partial charge in [0, 0.05) is 6.16 Å². The maximum atomic E-state index is 10.2. The zero-order chi connectivity index (χ0) is 11.4. The number of hydrogen-bond acceptors (Lipinski definition) is 1. The molecule has 0 aliphatic rings. The van der Waals surface area contributed by atoms with Gasteiger partial charge < -0.3 is 0 Å². The van der Waals surface area contributed by atoms with Crippen LogP contribution >= 0.6 is 8.46 Å². The van der Waals surface area contributed by atoms with Crippen molar-refractivity contribution in [1.82, 2.24) is 0 Å². The third-order valence-electron chi connectivity index (χ3n) is 2.78. The van der Waals surface area contributed by atoms with E-state index in [1.165, 1.54) is 51.4 Å². The number of unbranched alkanes of at least 4 members (excludes halogenated alkanes) is 7. The van der Waals surface area contributed by atoms with E-state index in [4.69, 9.17) is 0 Å². The van der Waals surface area contributed by atoms with Crippen LogP contribution < -0.4 is 0 Å². The molecule has 0 aromatic rings. The molecule has 0 rings (SSSR count). The van der Waals surface area contributed by atoms with Crippen molar-refractivity contribution in [2.75, 3.05) is 6.16 Å². The summed E-state index contributed by atoms with van der Waals surface area (Å²) in [6.45, 7) is 4.60. The molecule has 0 saturated heterocycles. The quantitative estimate of drug-likeness (QED) is 0.341. The molecular weight excluding hydrogens is 203 g/mol. The van der Waals surface area contributed by atoms with Gasteiger partial charge in [-0.15, -0.1) is 0 Å². The van der Waals surface area contributed by atoms with Crippen molar-refractivity contribution in [1.29, 1.82) is 0 Å². The van der Waals surface area contributed by atoms with Crippen molar-refractivity contribution in [2.24, 2.45) is 5.92 Å². The molecule has 0 atom stereocenters. The van der Waals surface area contributed by atoms with Gasteiger partial charge in [0.1, 0.15) is 0 Å². The van der Waals surface area contributed by atoms with Gasteiger partial charge in [-0.2, -0.15) is 0 Å². The zero-order valence-corrected chi connectivity index (χ0v) is 11.4. The maximum absolute atomic E-state index is 10.2. The minimum absolute atomic E-state index is 0.323. The van der Waals surface area contributed by atoms with Crippen LogP contribution in [0.25, 0.3) is 0 Å². The normalized spacial score (nSPS) is 11.4. The lowest BCUT2D eigenvalue weighted by Gasteiger charge is -2.04. The second-order valence-corrected chi connectivity index (χ2v) is 5.57. The van der Waals surface area contributed by atoms with Gasteiger partial charge in [-0.3, -0.25) is 4.57 Å². The van der Waals surface area contributed by atoms with Gasteiger partial charge in [0.25, 0.3) is 0 Å². The summed E-state index contributed by atoms with van der Waals surface area (Å²) in [6, 6.07) is 0. The lowest BCUT2D eigenvalue weighted by molar-refractivity contribution is 0.508. The van der Waals surface area contributed by atoms with Crippen LogP contribution in [0.4, 0.5) is 0 Å². The van der Waals surface area contributed by atoms with E-state index in [9.17, 15) is 4.57 Å². The molecule has 90 valence electrons. The third kappa shape index (κ3) is 14.1. The van der Waals surface area contributed by atoms with Crippen LogP contribution in [0.3, 0.4) is 0 Å². The van der Waals surface area contributed by atoms with Crippen molar-refractivity contribution < 1.29 is 4.57 Å². The van der Waals surface area contributed by atoms with E-state index in [0.717, 1.165) is 18.5 Å². The summed E-state index contributed by atoms with van der Waals surface area (Å²) in [5, 5.41) is 0. The van der Waals surface area contributed by atoms with Gasteiger partial charge >= 0.3 is 0 Å². The molecule has 0 amide bonds. The van der Waals surface area contributed by atoms with E-state index in [1.54, 1.807) is 0 Å². The first kappa shape index (κ1) is 15.1. The Kier molecular flexibility index (Phi) is 12.3. The average Bonchev–Trinajstić information content (AvgIpc) is 2.20. The molecule has 0 spiro atoms. The monoisotopic (exact) mass is 230 g/mol. The van der Waals surface area contributed by atoms with Gasteiger partial charge in [-0.05, 0) is 12.3 Å². The van der Waals surface area contributed by atoms with Crippen molar-refractivity contribution in [3.8, 4) is 0 Å². The molecule has 1 nitrogen and oxygen atoms in total. The Morgan fingerprint density at radius 1 is 0.800 bits per heavy atom. The van der Waals surface area contributed by atoms with Crippen LogP contribution in [-0.2, 0) is 4.57 Å². The molecule has 0 bridgehead atoms. The minimum Gasteiger partial charge on any atom is -0.275 e. The first-order valence-electron chi connectivity index (χ1n) is 6.56. The van der Waals surface area contributed by atoms with Crippen LogP contribution in [0.2, 0.25) is 0 Å². The average molecular weight is 230 g/mol. The predicted octanol–water partition coefficient (Wildman–Crippen LogP) is 5.45. The number of hydrogen-bond donors (Lipinski definition) is 0. The Labute approximate surface area is 97.2 Å². The topological polar surface area (TPSA) is 17.1 Å². The lowest BCUT2D eigenvalue weighted by atomic mass is 10.0. The Bertz CT molecular complexity index is 134. The molecule has 0 unspecified atom stereocenters. The van der Waals surface area contributed by atoms with Gasteiger partial charge in [-0.25, -0.2) is 0 Å². The smallest absolute Gasteiger partial charge is 0.155 e.